The first-order chi connectivity index (χ1) is 13.6. The molecule has 2 aromatic carbocycles. The molecule has 9 heteroatoms. The van der Waals surface area contributed by atoms with Gasteiger partial charge in [0, 0.05) is 18.9 Å². The lowest BCUT2D eigenvalue weighted by atomic mass is 10.2. The SMILES string of the molecule is O=C(Nc1c(F)cccc1F)c1cnc(NCc2ccc3c(c2)OCO3)nc1. The van der Waals surface area contributed by atoms with E-state index in [1.165, 1.54) is 18.5 Å². The van der Waals surface area contributed by atoms with E-state index in [0.717, 1.165) is 17.7 Å². The third-order valence-corrected chi connectivity index (χ3v) is 4.00. The van der Waals surface area contributed by atoms with Crippen LogP contribution in [0.25, 0.3) is 0 Å². The number of para-hydroxylation sites is 1. The van der Waals surface area contributed by atoms with Gasteiger partial charge in [-0.1, -0.05) is 12.1 Å². The van der Waals surface area contributed by atoms with Crippen molar-refractivity contribution in [2.45, 2.75) is 6.54 Å². The molecule has 2 N–H and O–H groups in total. The molecule has 0 saturated carbocycles. The summed E-state index contributed by atoms with van der Waals surface area (Å²) in [6, 6.07) is 8.86. The van der Waals surface area contributed by atoms with Crippen LogP contribution in [-0.4, -0.2) is 22.7 Å². The van der Waals surface area contributed by atoms with Gasteiger partial charge in [0.15, 0.2) is 11.5 Å². The van der Waals surface area contributed by atoms with Crippen LogP contribution in [0.15, 0.2) is 48.8 Å². The van der Waals surface area contributed by atoms with Crippen LogP contribution in [0.4, 0.5) is 20.4 Å². The number of nitrogens with zero attached hydrogens (tertiary/aromatic N) is 2. The first kappa shape index (κ1) is 17.7. The molecule has 0 unspecified atom stereocenters. The number of ether oxygens (including phenoxy) is 2. The molecule has 142 valence electrons. The van der Waals surface area contributed by atoms with E-state index in [0.29, 0.717) is 24.0 Å². The quantitative estimate of drug-likeness (QED) is 0.702. The first-order valence-electron chi connectivity index (χ1n) is 8.30. The van der Waals surface area contributed by atoms with Gasteiger partial charge < -0.3 is 20.1 Å². The number of nitrogens with one attached hydrogen (secondary N) is 2. The summed E-state index contributed by atoms with van der Waals surface area (Å²) in [5.41, 5.74) is 0.485. The number of aromatic nitrogens is 2. The van der Waals surface area contributed by atoms with Gasteiger partial charge in [0.2, 0.25) is 12.7 Å². The van der Waals surface area contributed by atoms with Crippen molar-refractivity contribution in [3.8, 4) is 11.5 Å². The molecule has 3 aromatic rings. The Morgan fingerprint density at radius 3 is 2.50 bits per heavy atom. The topological polar surface area (TPSA) is 85.4 Å². The normalized spacial score (nSPS) is 11.9. The molecule has 0 aliphatic carbocycles. The fourth-order valence-corrected chi connectivity index (χ4v) is 2.57. The first-order valence-corrected chi connectivity index (χ1v) is 8.30. The van der Waals surface area contributed by atoms with Crippen LogP contribution in [0.2, 0.25) is 0 Å². The van der Waals surface area contributed by atoms with E-state index < -0.39 is 23.2 Å². The van der Waals surface area contributed by atoms with Crippen molar-refractivity contribution < 1.29 is 23.0 Å². The molecule has 1 aliphatic heterocycles. The van der Waals surface area contributed by atoms with Gasteiger partial charge in [0.25, 0.3) is 5.91 Å². The Morgan fingerprint density at radius 2 is 1.75 bits per heavy atom. The van der Waals surface area contributed by atoms with Gasteiger partial charge in [-0.3, -0.25) is 4.79 Å². The second kappa shape index (κ2) is 7.47. The van der Waals surface area contributed by atoms with Crippen LogP contribution in [0, 0.1) is 11.6 Å². The van der Waals surface area contributed by atoms with E-state index in [-0.39, 0.29) is 12.4 Å². The summed E-state index contributed by atoms with van der Waals surface area (Å²) in [5.74, 6) is -0.778. The van der Waals surface area contributed by atoms with Crippen LogP contribution < -0.4 is 20.1 Å². The number of rotatable bonds is 5. The lowest BCUT2D eigenvalue weighted by Gasteiger charge is -2.08. The Morgan fingerprint density at radius 1 is 1.04 bits per heavy atom. The number of hydrogen-bond acceptors (Lipinski definition) is 6. The zero-order valence-electron chi connectivity index (χ0n) is 14.4. The zero-order chi connectivity index (χ0) is 19.5. The van der Waals surface area contributed by atoms with Crippen molar-refractivity contribution in [2.75, 3.05) is 17.4 Å². The molecule has 0 saturated heterocycles. The minimum absolute atomic E-state index is 0.0660. The van der Waals surface area contributed by atoms with Gasteiger partial charge in [-0.05, 0) is 29.8 Å². The second-order valence-electron chi connectivity index (χ2n) is 5.89. The van der Waals surface area contributed by atoms with Crippen LogP contribution in [-0.2, 0) is 6.54 Å². The third kappa shape index (κ3) is 3.68. The highest BCUT2D eigenvalue weighted by atomic mass is 19.1. The standard InChI is InChI=1S/C19H14F2N4O3/c20-13-2-1-3-14(21)17(13)25-18(26)12-8-23-19(24-9-12)22-7-11-4-5-15-16(6-11)28-10-27-15/h1-6,8-9H,7,10H2,(H,25,26)(H,22,23,24). The molecule has 1 aromatic heterocycles. The number of carbonyl (C=O) groups excluding carboxylic acids is 1. The maximum absolute atomic E-state index is 13.6. The molecular weight excluding hydrogens is 370 g/mol. The van der Waals surface area contributed by atoms with Gasteiger partial charge in [-0.25, -0.2) is 18.7 Å². The highest BCUT2D eigenvalue weighted by Crippen LogP contribution is 2.32. The van der Waals surface area contributed by atoms with Crippen molar-refractivity contribution in [3.63, 3.8) is 0 Å². The van der Waals surface area contributed by atoms with Crippen LogP contribution in [0.5, 0.6) is 11.5 Å². The highest BCUT2D eigenvalue weighted by Gasteiger charge is 2.15. The van der Waals surface area contributed by atoms with Gasteiger partial charge in [0.1, 0.15) is 17.3 Å². The van der Waals surface area contributed by atoms with E-state index in [1.54, 1.807) is 0 Å². The Balaban J connectivity index is 1.39. The molecule has 1 amide bonds. The lowest BCUT2D eigenvalue weighted by Crippen LogP contribution is -2.15. The summed E-state index contributed by atoms with van der Waals surface area (Å²) in [7, 11) is 0. The predicted octanol–water partition coefficient (Wildman–Crippen LogP) is 3.35. The number of fused-ring (bicyclic) bond motifs is 1. The van der Waals surface area contributed by atoms with Gasteiger partial charge in [-0.2, -0.15) is 0 Å². The maximum atomic E-state index is 13.6. The van der Waals surface area contributed by atoms with E-state index in [4.69, 9.17) is 9.47 Å². The molecule has 0 radical (unpaired) electrons. The van der Waals surface area contributed by atoms with E-state index in [1.807, 2.05) is 18.2 Å². The molecule has 4 rings (SSSR count). The van der Waals surface area contributed by atoms with Gasteiger partial charge in [-0.15, -0.1) is 0 Å². The van der Waals surface area contributed by atoms with Crippen LogP contribution in [0.1, 0.15) is 15.9 Å². The number of carbonyl (C=O) groups is 1. The van der Waals surface area contributed by atoms with Crippen molar-refractivity contribution in [1.29, 1.82) is 0 Å². The van der Waals surface area contributed by atoms with Crippen LogP contribution in [0.3, 0.4) is 0 Å². The molecule has 0 spiro atoms. The highest BCUT2D eigenvalue weighted by molar-refractivity contribution is 6.04. The number of anilines is 2. The Bertz CT molecular complexity index is 1010. The molecule has 7 nitrogen and oxygen atoms in total. The van der Waals surface area contributed by atoms with Crippen molar-refractivity contribution in [1.82, 2.24) is 9.97 Å². The number of amides is 1. The molecular formula is C19H14F2N4O3. The van der Waals surface area contributed by atoms with E-state index in [9.17, 15) is 13.6 Å². The molecule has 0 bridgehead atoms. The molecule has 28 heavy (non-hydrogen) atoms. The average Bonchev–Trinajstić information content (AvgIpc) is 3.17. The molecule has 1 aliphatic rings. The summed E-state index contributed by atoms with van der Waals surface area (Å²) in [5, 5.41) is 5.20. The van der Waals surface area contributed by atoms with Gasteiger partial charge >= 0.3 is 0 Å². The smallest absolute Gasteiger partial charge is 0.258 e. The van der Waals surface area contributed by atoms with Crippen LogP contribution >= 0.6 is 0 Å². The summed E-state index contributed by atoms with van der Waals surface area (Å²) >= 11 is 0. The molecule has 2 heterocycles. The van der Waals surface area contributed by atoms with E-state index in [2.05, 4.69) is 20.6 Å². The lowest BCUT2D eigenvalue weighted by molar-refractivity contribution is 0.102. The maximum Gasteiger partial charge on any atom is 0.258 e. The van der Waals surface area contributed by atoms with E-state index >= 15 is 0 Å². The van der Waals surface area contributed by atoms with Crippen molar-refractivity contribution in [2.24, 2.45) is 0 Å². The van der Waals surface area contributed by atoms with Gasteiger partial charge in [0.05, 0.1) is 5.56 Å². The Labute approximate surface area is 158 Å². The monoisotopic (exact) mass is 384 g/mol. The summed E-state index contributed by atoms with van der Waals surface area (Å²) in [4.78, 5) is 20.2. The minimum Gasteiger partial charge on any atom is -0.454 e. The molecule has 0 atom stereocenters. The average molecular weight is 384 g/mol. The fourth-order valence-electron chi connectivity index (χ4n) is 2.57. The number of halogens is 2. The largest absolute Gasteiger partial charge is 0.454 e. The Hall–Kier alpha value is -3.75. The van der Waals surface area contributed by atoms with Crippen molar-refractivity contribution >= 4 is 17.5 Å². The number of hydrogen-bond donors (Lipinski definition) is 2. The fraction of sp³-hybridized carbons (Fsp3) is 0.105. The third-order valence-electron chi connectivity index (χ3n) is 4.00. The predicted molar refractivity (Wildman–Crippen MR) is 96.2 cm³/mol. The second-order valence-corrected chi connectivity index (χ2v) is 5.89. The number of benzene rings is 2. The zero-order valence-corrected chi connectivity index (χ0v) is 14.4. The summed E-state index contributed by atoms with van der Waals surface area (Å²) in [6.07, 6.45) is 2.53. The summed E-state index contributed by atoms with van der Waals surface area (Å²) in [6.45, 7) is 0.637. The minimum atomic E-state index is -0.865. The Kier molecular flexibility index (Phi) is 4.71. The molecule has 0 fully saturated rings. The van der Waals surface area contributed by atoms with Crippen molar-refractivity contribution in [3.05, 3.63) is 71.6 Å². The summed E-state index contributed by atoms with van der Waals surface area (Å²) < 4.78 is 37.8.